The molecule has 1 fully saturated rings. The Labute approximate surface area is 124 Å². The second-order valence-corrected chi connectivity index (χ2v) is 5.50. The Kier molecular flexibility index (Phi) is 3.94. The van der Waals surface area contributed by atoms with Crippen LogP contribution in [-0.2, 0) is 13.5 Å². The number of hydrogen-bond donors (Lipinski definition) is 2. The van der Waals surface area contributed by atoms with Crippen LogP contribution in [0.15, 0.2) is 24.4 Å². The maximum Gasteiger partial charge on any atom is 0.239 e. The molecule has 3 rings (SSSR count). The molecule has 1 saturated carbocycles. The molecule has 21 heavy (non-hydrogen) atoms. The van der Waals surface area contributed by atoms with Gasteiger partial charge in [0, 0.05) is 26.2 Å². The Morgan fingerprint density at radius 2 is 2.24 bits per heavy atom. The van der Waals surface area contributed by atoms with Crippen molar-refractivity contribution in [3.8, 4) is 5.88 Å². The van der Waals surface area contributed by atoms with E-state index in [9.17, 15) is 0 Å². The van der Waals surface area contributed by atoms with Crippen molar-refractivity contribution in [1.29, 1.82) is 0 Å². The second kappa shape index (κ2) is 6.03. The van der Waals surface area contributed by atoms with Gasteiger partial charge in [-0.25, -0.2) is 0 Å². The lowest BCUT2D eigenvalue weighted by atomic mass is 10.3. The molecule has 1 aliphatic carbocycles. The quantitative estimate of drug-likeness (QED) is 0.812. The molecular weight excluding hydrogens is 266 g/mol. The highest BCUT2D eigenvalue weighted by Gasteiger charge is 2.22. The normalized spacial score (nSPS) is 14.1. The molecule has 2 heterocycles. The Morgan fingerprint density at radius 3 is 2.95 bits per heavy atom. The summed E-state index contributed by atoms with van der Waals surface area (Å²) in [5.41, 5.74) is 7.54. The van der Waals surface area contributed by atoms with Crippen LogP contribution in [0.4, 0.5) is 11.5 Å². The zero-order valence-electron chi connectivity index (χ0n) is 12.2. The summed E-state index contributed by atoms with van der Waals surface area (Å²) in [6.45, 7) is 1.49. The number of nitrogens with two attached hydrogens (primary N) is 1. The smallest absolute Gasteiger partial charge is 0.239 e. The summed E-state index contributed by atoms with van der Waals surface area (Å²) in [6.07, 6.45) is 5.30. The highest BCUT2D eigenvalue weighted by atomic mass is 16.5. The predicted octanol–water partition coefficient (Wildman–Crippen LogP) is 1.84. The van der Waals surface area contributed by atoms with E-state index < -0.39 is 0 Å². The molecule has 3 N–H and O–H groups in total. The Bertz CT molecular complexity index is 606. The number of anilines is 2. The number of nitrogen functional groups attached to an aromatic ring is 1. The minimum Gasteiger partial charge on any atom is -0.476 e. The van der Waals surface area contributed by atoms with Gasteiger partial charge in [-0.1, -0.05) is 0 Å². The fraction of sp³-hybridized carbons (Fsp3) is 0.467. The highest BCUT2D eigenvalue weighted by molar-refractivity contribution is 5.53. The summed E-state index contributed by atoms with van der Waals surface area (Å²) in [6, 6.07) is 5.72. The minimum atomic E-state index is 0.532. The van der Waals surface area contributed by atoms with Crippen molar-refractivity contribution in [2.75, 3.05) is 24.2 Å². The molecular formula is C15H21N5O. The first-order valence-corrected chi connectivity index (χ1v) is 7.32. The molecule has 0 radical (unpaired) electrons. The van der Waals surface area contributed by atoms with Gasteiger partial charge in [0.1, 0.15) is 5.82 Å². The molecule has 1 aliphatic rings. The molecule has 0 atom stereocenters. The average Bonchev–Trinajstić information content (AvgIpc) is 3.21. The number of nitrogens with zero attached hydrogens (tertiary/aromatic N) is 3. The standard InChI is InChI=1S/C15H21N5O/c1-20-9-7-12(19-20)6-8-17-14-5-4-13(16)15(18-14)21-10-11-2-3-11/h4-5,7,9,11H,2-3,6,8,10,16H2,1H3,(H,17,18). The lowest BCUT2D eigenvalue weighted by Crippen LogP contribution is -2.09. The zero-order valence-corrected chi connectivity index (χ0v) is 12.2. The van der Waals surface area contributed by atoms with E-state index in [1.807, 2.05) is 31.4 Å². The Hall–Kier alpha value is -2.24. The van der Waals surface area contributed by atoms with Crippen molar-refractivity contribution in [3.63, 3.8) is 0 Å². The van der Waals surface area contributed by atoms with Gasteiger partial charge in [0.15, 0.2) is 0 Å². The third-order valence-electron chi connectivity index (χ3n) is 3.50. The lowest BCUT2D eigenvalue weighted by molar-refractivity contribution is 0.290. The van der Waals surface area contributed by atoms with E-state index in [1.165, 1.54) is 12.8 Å². The molecule has 0 unspecified atom stereocenters. The van der Waals surface area contributed by atoms with Crippen LogP contribution < -0.4 is 15.8 Å². The summed E-state index contributed by atoms with van der Waals surface area (Å²) >= 11 is 0. The van der Waals surface area contributed by atoms with Crippen LogP contribution in [0.5, 0.6) is 5.88 Å². The van der Waals surface area contributed by atoms with Crippen LogP contribution in [0, 0.1) is 5.92 Å². The van der Waals surface area contributed by atoms with Crippen molar-refractivity contribution >= 4 is 11.5 Å². The third-order valence-corrected chi connectivity index (χ3v) is 3.50. The van der Waals surface area contributed by atoms with Gasteiger partial charge in [0.05, 0.1) is 18.0 Å². The number of pyridine rings is 1. The predicted molar refractivity (Wildman–Crippen MR) is 82.3 cm³/mol. The van der Waals surface area contributed by atoms with Gasteiger partial charge in [-0.2, -0.15) is 10.1 Å². The second-order valence-electron chi connectivity index (χ2n) is 5.50. The molecule has 0 aromatic carbocycles. The van der Waals surface area contributed by atoms with E-state index in [0.717, 1.165) is 24.5 Å². The van der Waals surface area contributed by atoms with Crippen LogP contribution in [0.1, 0.15) is 18.5 Å². The SMILES string of the molecule is Cn1ccc(CCNc2ccc(N)c(OCC3CC3)n2)n1. The van der Waals surface area contributed by atoms with E-state index in [4.69, 9.17) is 10.5 Å². The zero-order chi connectivity index (χ0) is 14.7. The summed E-state index contributed by atoms with van der Waals surface area (Å²) in [5, 5.41) is 7.62. The maximum atomic E-state index is 5.89. The van der Waals surface area contributed by atoms with E-state index in [2.05, 4.69) is 15.4 Å². The molecule has 0 spiro atoms. The van der Waals surface area contributed by atoms with Crippen molar-refractivity contribution in [2.24, 2.45) is 13.0 Å². The fourth-order valence-corrected chi connectivity index (χ4v) is 2.06. The van der Waals surface area contributed by atoms with Gasteiger partial charge in [0.2, 0.25) is 5.88 Å². The molecule has 0 saturated heterocycles. The summed E-state index contributed by atoms with van der Waals surface area (Å²) < 4.78 is 7.48. The van der Waals surface area contributed by atoms with Gasteiger partial charge in [-0.3, -0.25) is 4.68 Å². The summed E-state index contributed by atoms with van der Waals surface area (Å²) in [4.78, 5) is 4.42. The highest BCUT2D eigenvalue weighted by Crippen LogP contribution is 2.30. The van der Waals surface area contributed by atoms with Crippen LogP contribution in [0.25, 0.3) is 0 Å². The van der Waals surface area contributed by atoms with E-state index >= 15 is 0 Å². The van der Waals surface area contributed by atoms with Crippen LogP contribution in [-0.4, -0.2) is 27.9 Å². The average molecular weight is 287 g/mol. The first-order chi connectivity index (χ1) is 10.2. The van der Waals surface area contributed by atoms with Crippen LogP contribution in [0.3, 0.4) is 0 Å². The summed E-state index contributed by atoms with van der Waals surface area (Å²) in [5.74, 6) is 2.00. The van der Waals surface area contributed by atoms with Crippen molar-refractivity contribution in [1.82, 2.24) is 14.8 Å². The van der Waals surface area contributed by atoms with Crippen molar-refractivity contribution in [2.45, 2.75) is 19.3 Å². The van der Waals surface area contributed by atoms with Crippen molar-refractivity contribution in [3.05, 3.63) is 30.1 Å². The molecule has 2 aromatic rings. The number of aryl methyl sites for hydroxylation is 1. The first kappa shape index (κ1) is 13.7. The topological polar surface area (TPSA) is 78.0 Å². The monoisotopic (exact) mass is 287 g/mol. The van der Waals surface area contributed by atoms with E-state index in [0.29, 0.717) is 24.1 Å². The largest absolute Gasteiger partial charge is 0.476 e. The lowest BCUT2D eigenvalue weighted by Gasteiger charge is -2.10. The van der Waals surface area contributed by atoms with Gasteiger partial charge >= 0.3 is 0 Å². The molecule has 112 valence electrons. The first-order valence-electron chi connectivity index (χ1n) is 7.32. The Morgan fingerprint density at radius 1 is 1.38 bits per heavy atom. The number of hydrogen-bond acceptors (Lipinski definition) is 5. The number of ether oxygens (including phenoxy) is 1. The van der Waals surface area contributed by atoms with E-state index in [-0.39, 0.29) is 0 Å². The Balaban J connectivity index is 1.53. The molecule has 0 amide bonds. The van der Waals surface area contributed by atoms with Gasteiger partial charge in [-0.15, -0.1) is 0 Å². The van der Waals surface area contributed by atoms with Crippen LogP contribution in [0.2, 0.25) is 0 Å². The fourth-order valence-electron chi connectivity index (χ4n) is 2.06. The summed E-state index contributed by atoms with van der Waals surface area (Å²) in [7, 11) is 1.92. The number of rotatable bonds is 7. The molecule has 0 aliphatic heterocycles. The number of nitrogens with one attached hydrogen (secondary N) is 1. The molecule has 6 nitrogen and oxygen atoms in total. The molecule has 2 aromatic heterocycles. The van der Waals surface area contributed by atoms with Gasteiger partial charge in [-0.05, 0) is 37.0 Å². The van der Waals surface area contributed by atoms with Crippen molar-refractivity contribution < 1.29 is 4.74 Å². The molecule has 0 bridgehead atoms. The minimum absolute atomic E-state index is 0.532. The maximum absolute atomic E-state index is 5.89. The van der Waals surface area contributed by atoms with Gasteiger partial charge < -0.3 is 15.8 Å². The van der Waals surface area contributed by atoms with Gasteiger partial charge in [0.25, 0.3) is 0 Å². The molecule has 6 heteroatoms. The van der Waals surface area contributed by atoms with Crippen LogP contribution >= 0.6 is 0 Å². The number of aromatic nitrogens is 3. The third kappa shape index (κ3) is 3.87. The van der Waals surface area contributed by atoms with E-state index in [1.54, 1.807) is 4.68 Å².